The van der Waals surface area contributed by atoms with Gasteiger partial charge in [0, 0.05) is 17.5 Å². The number of hydrogen-bond acceptors (Lipinski definition) is 3. The Morgan fingerprint density at radius 3 is 2.04 bits per heavy atom. The minimum Gasteiger partial charge on any atom is -0.344 e. The van der Waals surface area contributed by atoms with E-state index in [1.165, 1.54) is 0 Å². The first-order valence-electron chi connectivity index (χ1n) is 7.52. The molecule has 2 aromatic rings. The summed E-state index contributed by atoms with van der Waals surface area (Å²) in [5.41, 5.74) is 5.08. The van der Waals surface area contributed by atoms with Crippen LogP contribution in [0, 0.1) is 0 Å². The molecule has 0 aliphatic carbocycles. The number of benzene rings is 2. The minimum absolute atomic E-state index is 0.0968. The van der Waals surface area contributed by atoms with E-state index in [4.69, 9.17) is 0 Å². The number of nitrogens with zero attached hydrogens (tertiary/aromatic N) is 1. The van der Waals surface area contributed by atoms with E-state index in [-0.39, 0.29) is 11.8 Å². The molecule has 0 saturated carbocycles. The molecule has 1 heterocycles. The van der Waals surface area contributed by atoms with Gasteiger partial charge in [0.1, 0.15) is 6.04 Å². The van der Waals surface area contributed by atoms with Crippen molar-refractivity contribution < 1.29 is 9.59 Å². The average Bonchev–Trinajstić information content (AvgIpc) is 3.03. The summed E-state index contributed by atoms with van der Waals surface area (Å²) in [5.74, 6) is -0.388. The van der Waals surface area contributed by atoms with Crippen LogP contribution in [0.25, 0.3) is 0 Å². The number of hydrogen-bond donors (Lipinski definition) is 2. The van der Waals surface area contributed by atoms with E-state index in [2.05, 4.69) is 15.8 Å². The Balaban J connectivity index is 1.84. The highest BCUT2D eigenvalue weighted by atomic mass is 16.2. The van der Waals surface area contributed by atoms with Crippen LogP contribution < -0.4 is 10.7 Å². The van der Waals surface area contributed by atoms with Crippen LogP contribution in [0.2, 0.25) is 0 Å². The lowest BCUT2D eigenvalue weighted by Gasteiger charge is -2.10. The molecule has 1 saturated heterocycles. The molecule has 5 nitrogen and oxygen atoms in total. The van der Waals surface area contributed by atoms with Crippen molar-refractivity contribution in [3.63, 3.8) is 0 Å². The molecule has 0 spiro atoms. The molecule has 0 bridgehead atoms. The SMILES string of the molecule is O=C1CCC(C(=O)NN=C(c2ccccc2)c2ccccc2)N1. The van der Waals surface area contributed by atoms with Crippen molar-refractivity contribution >= 4 is 17.5 Å². The first-order chi connectivity index (χ1) is 11.2. The maximum absolute atomic E-state index is 12.1. The molecule has 3 rings (SSSR count). The summed E-state index contributed by atoms with van der Waals surface area (Å²) in [6.45, 7) is 0. The number of rotatable bonds is 4. The summed E-state index contributed by atoms with van der Waals surface area (Å²) in [6.07, 6.45) is 0.887. The Morgan fingerprint density at radius 1 is 1.00 bits per heavy atom. The highest BCUT2D eigenvalue weighted by Crippen LogP contribution is 2.11. The second-order valence-corrected chi connectivity index (χ2v) is 5.33. The largest absolute Gasteiger partial charge is 0.344 e. The number of hydrazone groups is 1. The lowest BCUT2D eigenvalue weighted by molar-refractivity contribution is -0.125. The summed E-state index contributed by atoms with van der Waals surface area (Å²) >= 11 is 0. The van der Waals surface area contributed by atoms with Crippen LogP contribution in [-0.2, 0) is 9.59 Å². The van der Waals surface area contributed by atoms with Gasteiger partial charge in [-0.05, 0) is 6.42 Å². The quantitative estimate of drug-likeness (QED) is 0.668. The zero-order valence-corrected chi connectivity index (χ0v) is 12.5. The van der Waals surface area contributed by atoms with Gasteiger partial charge >= 0.3 is 0 Å². The second kappa shape index (κ2) is 6.87. The lowest BCUT2D eigenvalue weighted by atomic mass is 10.0. The molecular weight excluding hydrogens is 290 g/mol. The molecule has 0 aromatic heterocycles. The highest BCUT2D eigenvalue weighted by molar-refractivity contribution is 6.13. The van der Waals surface area contributed by atoms with Crippen LogP contribution in [0.3, 0.4) is 0 Å². The van der Waals surface area contributed by atoms with E-state index in [1.54, 1.807) is 0 Å². The Bertz CT molecular complexity index is 685. The second-order valence-electron chi connectivity index (χ2n) is 5.33. The van der Waals surface area contributed by atoms with Gasteiger partial charge in [-0.3, -0.25) is 9.59 Å². The summed E-state index contributed by atoms with van der Waals surface area (Å²) in [7, 11) is 0. The Hall–Kier alpha value is -2.95. The van der Waals surface area contributed by atoms with Gasteiger partial charge in [0.2, 0.25) is 5.91 Å². The van der Waals surface area contributed by atoms with E-state index in [0.717, 1.165) is 11.1 Å². The first-order valence-corrected chi connectivity index (χ1v) is 7.52. The molecule has 116 valence electrons. The van der Waals surface area contributed by atoms with Crippen LogP contribution >= 0.6 is 0 Å². The van der Waals surface area contributed by atoms with Gasteiger partial charge in [0.05, 0.1) is 5.71 Å². The fourth-order valence-corrected chi connectivity index (χ4v) is 2.49. The molecule has 23 heavy (non-hydrogen) atoms. The zero-order valence-electron chi connectivity index (χ0n) is 12.5. The third-order valence-corrected chi connectivity index (χ3v) is 3.68. The molecule has 1 atom stereocenters. The van der Waals surface area contributed by atoms with E-state index in [0.29, 0.717) is 18.6 Å². The van der Waals surface area contributed by atoms with E-state index >= 15 is 0 Å². The van der Waals surface area contributed by atoms with Crippen molar-refractivity contribution in [2.75, 3.05) is 0 Å². The summed E-state index contributed by atoms with van der Waals surface area (Å²) in [4.78, 5) is 23.3. The number of carbonyl (C=O) groups is 2. The van der Waals surface area contributed by atoms with Crippen molar-refractivity contribution in [2.24, 2.45) is 5.10 Å². The minimum atomic E-state index is -0.501. The fraction of sp³-hybridized carbons (Fsp3) is 0.167. The van der Waals surface area contributed by atoms with Crippen LogP contribution in [0.1, 0.15) is 24.0 Å². The molecular formula is C18H17N3O2. The molecule has 0 radical (unpaired) electrons. The number of amides is 2. The van der Waals surface area contributed by atoms with Crippen molar-refractivity contribution in [1.29, 1.82) is 0 Å². The van der Waals surface area contributed by atoms with Crippen molar-refractivity contribution in [3.05, 3.63) is 71.8 Å². The normalized spacial score (nSPS) is 16.5. The van der Waals surface area contributed by atoms with Gasteiger partial charge in [-0.15, -0.1) is 0 Å². The Morgan fingerprint density at radius 2 is 1.57 bits per heavy atom. The molecule has 2 aromatic carbocycles. The van der Waals surface area contributed by atoms with Crippen LogP contribution in [0.5, 0.6) is 0 Å². The van der Waals surface area contributed by atoms with Gasteiger partial charge in [0.15, 0.2) is 0 Å². The maximum atomic E-state index is 12.1. The Labute approximate surface area is 134 Å². The van der Waals surface area contributed by atoms with Crippen LogP contribution in [0.15, 0.2) is 65.8 Å². The van der Waals surface area contributed by atoms with E-state index < -0.39 is 6.04 Å². The summed E-state index contributed by atoms with van der Waals surface area (Å²) in [5, 5.41) is 6.94. The van der Waals surface area contributed by atoms with Gasteiger partial charge in [-0.1, -0.05) is 60.7 Å². The van der Waals surface area contributed by atoms with Crippen LogP contribution in [-0.4, -0.2) is 23.6 Å². The predicted octanol–water partition coefficient (Wildman–Crippen LogP) is 1.83. The third-order valence-electron chi connectivity index (χ3n) is 3.68. The molecule has 1 fully saturated rings. The van der Waals surface area contributed by atoms with Crippen LogP contribution in [0.4, 0.5) is 0 Å². The average molecular weight is 307 g/mol. The molecule has 1 aliphatic rings. The molecule has 1 aliphatic heterocycles. The molecule has 5 heteroatoms. The number of nitrogens with one attached hydrogen (secondary N) is 2. The van der Waals surface area contributed by atoms with Crippen molar-refractivity contribution in [3.8, 4) is 0 Å². The van der Waals surface area contributed by atoms with Crippen molar-refractivity contribution in [2.45, 2.75) is 18.9 Å². The van der Waals surface area contributed by atoms with Gasteiger partial charge < -0.3 is 5.32 Å². The maximum Gasteiger partial charge on any atom is 0.262 e. The Kier molecular flexibility index (Phi) is 4.47. The number of carbonyl (C=O) groups excluding carboxylic acids is 2. The molecule has 2 amide bonds. The molecule has 1 unspecified atom stereocenters. The topological polar surface area (TPSA) is 70.6 Å². The summed E-state index contributed by atoms with van der Waals surface area (Å²) in [6, 6.07) is 18.8. The van der Waals surface area contributed by atoms with Gasteiger partial charge in [-0.2, -0.15) is 5.10 Å². The third kappa shape index (κ3) is 3.63. The van der Waals surface area contributed by atoms with Gasteiger partial charge in [-0.25, -0.2) is 5.43 Å². The smallest absolute Gasteiger partial charge is 0.262 e. The highest BCUT2D eigenvalue weighted by Gasteiger charge is 2.27. The van der Waals surface area contributed by atoms with E-state index in [9.17, 15) is 9.59 Å². The monoisotopic (exact) mass is 307 g/mol. The first kappa shape index (κ1) is 15.0. The zero-order chi connectivity index (χ0) is 16.1. The fourth-order valence-electron chi connectivity index (χ4n) is 2.49. The van der Waals surface area contributed by atoms with E-state index in [1.807, 2.05) is 60.7 Å². The predicted molar refractivity (Wildman–Crippen MR) is 87.8 cm³/mol. The molecule has 2 N–H and O–H groups in total. The standard InChI is InChI=1S/C18H17N3O2/c22-16-12-11-15(19-16)18(23)21-20-17(13-7-3-1-4-8-13)14-9-5-2-6-10-14/h1-10,15H,11-12H2,(H,19,22)(H,21,23). The van der Waals surface area contributed by atoms with Gasteiger partial charge in [0.25, 0.3) is 5.91 Å². The lowest BCUT2D eigenvalue weighted by Crippen LogP contribution is -2.40. The van der Waals surface area contributed by atoms with Crippen molar-refractivity contribution in [1.82, 2.24) is 10.7 Å². The summed E-state index contributed by atoms with van der Waals surface area (Å²) < 4.78 is 0.